The van der Waals surface area contributed by atoms with Crippen LogP contribution in [0.2, 0.25) is 0 Å². The Morgan fingerprint density at radius 1 is 0.714 bits per heavy atom. The van der Waals surface area contributed by atoms with Gasteiger partial charge in [-0.2, -0.15) is 23.3 Å². The first-order chi connectivity index (χ1) is 8.21. The summed E-state index contributed by atoms with van der Waals surface area (Å²) in [7, 11) is 0. The van der Waals surface area contributed by atoms with E-state index < -0.39 is 0 Å². The minimum atomic E-state index is 0. The van der Waals surface area contributed by atoms with E-state index in [1.54, 1.807) is 0 Å². The van der Waals surface area contributed by atoms with Crippen molar-refractivity contribution < 1.29 is 50.7 Å². The van der Waals surface area contributed by atoms with Crippen LogP contribution in [-0.2, 0) is 25.8 Å². The number of halogens is 2. The molecule has 2 aliphatic rings. The predicted molar refractivity (Wildman–Crippen MR) is 79.9 cm³/mol. The summed E-state index contributed by atoms with van der Waals surface area (Å²) in [5.41, 5.74) is 3.48. The first kappa shape index (κ1) is 26.3. The summed E-state index contributed by atoms with van der Waals surface area (Å²) in [6, 6.07) is 0. The van der Waals surface area contributed by atoms with Gasteiger partial charge >= 0.3 is 25.8 Å². The van der Waals surface area contributed by atoms with Crippen molar-refractivity contribution in [3.05, 3.63) is 47.6 Å². The second-order valence-corrected chi connectivity index (χ2v) is 6.92. The fraction of sp³-hybridized carbons (Fsp3) is 0.556. The topological polar surface area (TPSA) is 0 Å². The van der Waals surface area contributed by atoms with Gasteiger partial charge in [0.15, 0.2) is 0 Å². The van der Waals surface area contributed by atoms with Crippen molar-refractivity contribution in [2.45, 2.75) is 54.4 Å². The molecule has 0 bridgehead atoms. The van der Waals surface area contributed by atoms with E-state index in [9.17, 15) is 0 Å². The Labute approximate surface area is 162 Å². The molecule has 2 aliphatic carbocycles. The zero-order valence-electron chi connectivity index (χ0n) is 14.0. The van der Waals surface area contributed by atoms with Gasteiger partial charge in [-0.3, -0.25) is 12.2 Å². The Morgan fingerprint density at radius 3 is 1.10 bits per heavy atom. The number of hydrogen-bond donors (Lipinski definition) is 0. The van der Waals surface area contributed by atoms with E-state index in [1.165, 1.54) is 11.1 Å². The molecule has 0 unspecified atom stereocenters. The van der Waals surface area contributed by atoms with Gasteiger partial charge in [-0.15, -0.1) is 12.8 Å². The number of rotatable bonds is 0. The van der Waals surface area contributed by atoms with Gasteiger partial charge < -0.3 is 24.8 Å². The third kappa shape index (κ3) is 9.92. The summed E-state index contributed by atoms with van der Waals surface area (Å²) in [6.07, 6.45) is 17.0. The maximum absolute atomic E-state index is 3.16. The van der Waals surface area contributed by atoms with Crippen molar-refractivity contribution in [2.24, 2.45) is 10.8 Å². The zero-order valence-corrected chi connectivity index (χ0v) is 19.1. The molecule has 0 aromatic heterocycles. The Kier molecular flexibility index (Phi) is 13.8. The second-order valence-electron chi connectivity index (χ2n) is 6.92. The van der Waals surface area contributed by atoms with Crippen LogP contribution < -0.4 is 24.8 Å². The molecule has 0 N–H and O–H groups in total. The molecule has 3 heteroatoms. The molecule has 0 atom stereocenters. The van der Waals surface area contributed by atoms with Crippen molar-refractivity contribution in [1.82, 2.24) is 0 Å². The van der Waals surface area contributed by atoms with E-state index >= 15 is 0 Å². The minimum absolute atomic E-state index is 0. The van der Waals surface area contributed by atoms with Crippen molar-refractivity contribution in [3.8, 4) is 0 Å². The minimum Gasteiger partial charge on any atom is -1.00 e. The molecule has 0 radical (unpaired) electrons. The van der Waals surface area contributed by atoms with E-state index in [1.807, 2.05) is 0 Å². The van der Waals surface area contributed by atoms with E-state index in [0.717, 1.165) is 12.8 Å². The molecule has 0 saturated heterocycles. The van der Waals surface area contributed by atoms with E-state index in [0.29, 0.717) is 10.8 Å². The van der Waals surface area contributed by atoms with Gasteiger partial charge in [0.05, 0.1) is 0 Å². The molecule has 0 fully saturated rings. The normalized spacial score (nSPS) is 15.7. The van der Waals surface area contributed by atoms with Crippen LogP contribution in [0.4, 0.5) is 0 Å². The average molecular weight is 492 g/mol. The van der Waals surface area contributed by atoms with Gasteiger partial charge in [-0.25, -0.2) is 12.2 Å². The molecule has 21 heavy (non-hydrogen) atoms. The molecule has 0 saturated carbocycles. The standard InChI is InChI=1S/2C9H13.2ClH.Hf/c2*1-9(2,3)8-6-4-5-7-8;;;/h2*6-7H,4H2,1-3H3;2*1H;/q2*-1;;;+4/p-2. The molecular weight excluding hydrogens is 466 g/mol. The van der Waals surface area contributed by atoms with Crippen LogP contribution in [0.5, 0.6) is 0 Å². The molecule has 0 nitrogen and oxygen atoms in total. The molecule has 116 valence electrons. The summed E-state index contributed by atoms with van der Waals surface area (Å²) in [5.74, 6) is 0. The first-order valence-electron chi connectivity index (χ1n) is 6.76. The Bertz CT molecular complexity index is 362. The van der Waals surface area contributed by atoms with E-state index in [4.69, 9.17) is 0 Å². The van der Waals surface area contributed by atoms with Gasteiger partial charge in [0.2, 0.25) is 0 Å². The van der Waals surface area contributed by atoms with Gasteiger partial charge in [0.1, 0.15) is 0 Å². The quantitative estimate of drug-likeness (QED) is 0.315. The monoisotopic (exact) mass is 492 g/mol. The molecule has 0 amide bonds. The van der Waals surface area contributed by atoms with Gasteiger partial charge in [-0.1, -0.05) is 52.4 Å². The van der Waals surface area contributed by atoms with Crippen molar-refractivity contribution in [3.63, 3.8) is 0 Å². The first-order valence-corrected chi connectivity index (χ1v) is 6.76. The molecule has 0 aliphatic heterocycles. The summed E-state index contributed by atoms with van der Waals surface area (Å²) in [4.78, 5) is 0. The average Bonchev–Trinajstić information content (AvgIpc) is 2.91. The third-order valence-corrected chi connectivity index (χ3v) is 3.13. The van der Waals surface area contributed by atoms with Crippen LogP contribution in [0.15, 0.2) is 35.5 Å². The number of allylic oxidation sites excluding steroid dienone is 8. The fourth-order valence-electron chi connectivity index (χ4n) is 1.84. The van der Waals surface area contributed by atoms with Gasteiger partial charge in [-0.05, 0) is 0 Å². The largest absolute Gasteiger partial charge is 4.00 e. The Morgan fingerprint density at radius 2 is 1.00 bits per heavy atom. The van der Waals surface area contributed by atoms with Gasteiger partial charge in [0, 0.05) is 0 Å². The molecule has 0 aromatic carbocycles. The smallest absolute Gasteiger partial charge is 1.00 e. The maximum atomic E-state index is 3.16. The van der Waals surface area contributed by atoms with Crippen molar-refractivity contribution in [1.29, 1.82) is 0 Å². The van der Waals surface area contributed by atoms with Crippen molar-refractivity contribution in [2.75, 3.05) is 0 Å². The van der Waals surface area contributed by atoms with Crippen LogP contribution in [0, 0.1) is 23.0 Å². The second kappa shape index (κ2) is 11.0. The zero-order chi connectivity index (χ0) is 13.8. The molecule has 0 heterocycles. The maximum Gasteiger partial charge on any atom is 4.00 e. The molecule has 0 spiro atoms. The van der Waals surface area contributed by atoms with Crippen LogP contribution in [0.25, 0.3) is 0 Å². The fourth-order valence-corrected chi connectivity index (χ4v) is 1.84. The van der Waals surface area contributed by atoms with Crippen LogP contribution in [-0.4, -0.2) is 0 Å². The summed E-state index contributed by atoms with van der Waals surface area (Å²) in [5, 5.41) is 0. The SMILES string of the molecule is CC(C)(C)C1=CC[C-]=C1.CC(C)(C)C1=CC[C-]=C1.[Cl-].[Cl-].[Hf+4]. The van der Waals surface area contributed by atoms with Gasteiger partial charge in [0.25, 0.3) is 0 Å². The van der Waals surface area contributed by atoms with E-state index in [2.05, 4.69) is 78.0 Å². The summed E-state index contributed by atoms with van der Waals surface area (Å²) in [6.45, 7) is 13.3. The molecule has 0 aromatic rings. The van der Waals surface area contributed by atoms with E-state index in [-0.39, 0.29) is 50.7 Å². The Balaban J connectivity index is -0.000000270. The Hall–Kier alpha value is 0.410. The summed E-state index contributed by atoms with van der Waals surface area (Å²) < 4.78 is 0. The van der Waals surface area contributed by atoms with Crippen LogP contribution >= 0.6 is 0 Å². The molecule has 2 rings (SSSR count). The molecular formula is C18H26Cl2Hf. The van der Waals surface area contributed by atoms with Crippen LogP contribution in [0.1, 0.15) is 54.4 Å². The third-order valence-electron chi connectivity index (χ3n) is 3.13. The van der Waals surface area contributed by atoms with Crippen LogP contribution in [0.3, 0.4) is 0 Å². The summed E-state index contributed by atoms with van der Waals surface area (Å²) >= 11 is 0. The number of hydrogen-bond acceptors (Lipinski definition) is 0. The predicted octanol–water partition coefficient (Wildman–Crippen LogP) is -0.551. The van der Waals surface area contributed by atoms with Crippen molar-refractivity contribution >= 4 is 0 Å².